The summed E-state index contributed by atoms with van der Waals surface area (Å²) in [6.45, 7) is 4.70. The van der Waals surface area contributed by atoms with Crippen molar-refractivity contribution in [3.63, 3.8) is 0 Å². The number of ether oxygens (including phenoxy) is 2. The fourth-order valence-electron chi connectivity index (χ4n) is 6.45. The number of hydrogen-bond donors (Lipinski definition) is 1. The van der Waals surface area contributed by atoms with Gasteiger partial charge in [-0.15, -0.1) is 0 Å². The van der Waals surface area contributed by atoms with Crippen LogP contribution in [0.3, 0.4) is 0 Å². The Labute approximate surface area is 235 Å². The van der Waals surface area contributed by atoms with E-state index in [-0.39, 0.29) is 47.8 Å². The van der Waals surface area contributed by atoms with Gasteiger partial charge in [0.1, 0.15) is 18.2 Å². The lowest BCUT2D eigenvalue weighted by molar-refractivity contribution is -0.137. The molecule has 2 aliphatic rings. The van der Waals surface area contributed by atoms with Gasteiger partial charge in [0.15, 0.2) is 11.6 Å². The maximum absolute atomic E-state index is 15.6. The molecule has 3 aromatic rings. The van der Waals surface area contributed by atoms with Crippen molar-refractivity contribution in [1.82, 2.24) is 0 Å². The Hall–Kier alpha value is -3.41. The molecule has 40 heavy (non-hydrogen) atoms. The van der Waals surface area contributed by atoms with Crippen LogP contribution >= 0.6 is 0 Å². The second kappa shape index (κ2) is 11.6. The van der Waals surface area contributed by atoms with E-state index in [1.165, 1.54) is 12.5 Å². The fraction of sp³-hybridized carbons (Fsp3) is 0.441. The van der Waals surface area contributed by atoms with Crippen LogP contribution in [-0.4, -0.2) is 18.2 Å². The molecule has 0 bridgehead atoms. The van der Waals surface area contributed by atoms with E-state index in [1.807, 2.05) is 12.1 Å². The first-order valence-corrected chi connectivity index (χ1v) is 14.3. The molecular weight excluding hydrogens is 510 g/mol. The lowest BCUT2D eigenvalue weighted by Crippen LogP contribution is -2.26. The van der Waals surface area contributed by atoms with Crippen LogP contribution in [0, 0.1) is 23.0 Å². The van der Waals surface area contributed by atoms with Crippen molar-refractivity contribution in [2.45, 2.75) is 77.2 Å². The highest BCUT2D eigenvalue weighted by Crippen LogP contribution is 2.50. The zero-order valence-electron chi connectivity index (χ0n) is 23.5. The summed E-state index contributed by atoms with van der Waals surface area (Å²) in [5, 5.41) is 9.37. The summed E-state index contributed by atoms with van der Waals surface area (Å²) in [7, 11) is 1.57. The zero-order chi connectivity index (χ0) is 28.4. The Kier molecular flexibility index (Phi) is 8.16. The first-order chi connectivity index (χ1) is 19.2. The number of rotatable bonds is 10. The van der Waals surface area contributed by atoms with Crippen molar-refractivity contribution in [3.05, 3.63) is 82.9 Å². The van der Waals surface area contributed by atoms with E-state index >= 15 is 8.78 Å². The van der Waals surface area contributed by atoms with E-state index in [0.29, 0.717) is 16.9 Å². The molecule has 6 heteroatoms. The monoisotopic (exact) mass is 548 g/mol. The Bertz CT molecular complexity index is 1380. The lowest BCUT2D eigenvalue weighted by atomic mass is 9.65. The van der Waals surface area contributed by atoms with E-state index in [9.17, 15) is 9.90 Å². The molecule has 5 rings (SSSR count). The van der Waals surface area contributed by atoms with Gasteiger partial charge in [-0.1, -0.05) is 57.0 Å². The van der Waals surface area contributed by atoms with E-state index in [2.05, 4.69) is 19.9 Å². The SMILES string of the molecule is COc1ccc(F)c(-c2ccc(COc3cccc([C@H](CC(=O)O)C4CC4)c3F)cc2[C@H]2CCCCC2(C)C)c1. The molecule has 0 amide bonds. The molecule has 2 atom stereocenters. The standard InChI is InChI=1S/C34H38F2O4/c1-34(2)16-5-4-8-29(34)27-17-21(10-14-24(27)28-18-23(39-3)13-15-30(28)35)20-40-31-9-6-7-25(33(31)36)26(19-32(37)38)22-11-12-22/h6-7,9-10,13-15,17-18,22,26,29H,4-5,8,11-12,16,19-20H2,1-3H3,(H,37,38)/t26-,29-/m1/s1. The van der Waals surface area contributed by atoms with Gasteiger partial charge in [-0.25, -0.2) is 8.78 Å². The average Bonchev–Trinajstić information content (AvgIpc) is 3.77. The van der Waals surface area contributed by atoms with Gasteiger partial charge in [0.2, 0.25) is 0 Å². The van der Waals surface area contributed by atoms with Gasteiger partial charge < -0.3 is 14.6 Å². The summed E-state index contributed by atoms with van der Waals surface area (Å²) in [5.74, 6) is -0.901. The van der Waals surface area contributed by atoms with Crippen molar-refractivity contribution in [2.24, 2.45) is 11.3 Å². The molecule has 0 spiro atoms. The van der Waals surface area contributed by atoms with Gasteiger partial charge in [-0.2, -0.15) is 0 Å². The number of carboxylic acid groups (broad SMARTS) is 1. The van der Waals surface area contributed by atoms with Gasteiger partial charge in [0.05, 0.1) is 13.5 Å². The van der Waals surface area contributed by atoms with Crippen LogP contribution in [0.2, 0.25) is 0 Å². The predicted octanol–water partition coefficient (Wildman–Crippen LogP) is 8.87. The average molecular weight is 549 g/mol. The van der Waals surface area contributed by atoms with E-state index in [4.69, 9.17) is 9.47 Å². The number of halogens is 2. The molecule has 4 nitrogen and oxygen atoms in total. The van der Waals surface area contributed by atoms with Gasteiger partial charge in [0, 0.05) is 11.5 Å². The summed E-state index contributed by atoms with van der Waals surface area (Å²) >= 11 is 0. The third-order valence-corrected chi connectivity index (χ3v) is 8.83. The van der Waals surface area contributed by atoms with Crippen LogP contribution in [0.15, 0.2) is 54.6 Å². The molecule has 212 valence electrons. The minimum Gasteiger partial charge on any atom is -0.497 e. The Morgan fingerprint density at radius 2 is 1.82 bits per heavy atom. The molecule has 3 aromatic carbocycles. The summed E-state index contributed by atoms with van der Waals surface area (Å²) in [5.41, 5.74) is 3.75. The number of carboxylic acids is 1. The maximum Gasteiger partial charge on any atom is 0.303 e. The number of carbonyl (C=O) groups is 1. The van der Waals surface area contributed by atoms with Crippen molar-refractivity contribution >= 4 is 5.97 Å². The predicted molar refractivity (Wildman–Crippen MR) is 152 cm³/mol. The first kappa shape index (κ1) is 28.1. The highest BCUT2D eigenvalue weighted by atomic mass is 19.1. The summed E-state index contributed by atoms with van der Waals surface area (Å²) in [6.07, 6.45) is 6.15. The van der Waals surface area contributed by atoms with Crippen LogP contribution in [-0.2, 0) is 11.4 Å². The normalized spacial score (nSPS) is 19.2. The van der Waals surface area contributed by atoms with Gasteiger partial charge >= 0.3 is 5.97 Å². The van der Waals surface area contributed by atoms with Crippen molar-refractivity contribution in [1.29, 1.82) is 0 Å². The number of benzene rings is 3. The van der Waals surface area contributed by atoms with E-state index < -0.39 is 11.8 Å². The molecule has 2 saturated carbocycles. The minimum atomic E-state index is -0.923. The molecule has 0 saturated heterocycles. The van der Waals surface area contributed by atoms with Crippen LogP contribution in [0.4, 0.5) is 8.78 Å². The third kappa shape index (κ3) is 6.01. The molecule has 0 heterocycles. The quantitative estimate of drug-likeness (QED) is 0.275. The maximum atomic E-state index is 15.6. The Morgan fingerprint density at radius 3 is 2.52 bits per heavy atom. The van der Waals surface area contributed by atoms with Gasteiger partial charge in [0.25, 0.3) is 0 Å². The van der Waals surface area contributed by atoms with Crippen molar-refractivity contribution in [2.75, 3.05) is 7.11 Å². The highest BCUT2D eigenvalue weighted by Gasteiger charge is 2.37. The van der Waals surface area contributed by atoms with Crippen LogP contribution < -0.4 is 9.47 Å². The molecule has 0 radical (unpaired) electrons. The largest absolute Gasteiger partial charge is 0.497 e. The van der Waals surface area contributed by atoms with Crippen LogP contribution in [0.25, 0.3) is 11.1 Å². The molecule has 2 fully saturated rings. The molecule has 1 N–H and O–H groups in total. The number of methoxy groups -OCH3 is 1. The minimum absolute atomic E-state index is 0.0459. The number of aliphatic carboxylic acids is 1. The summed E-state index contributed by atoms with van der Waals surface area (Å²) < 4.78 is 42.1. The van der Waals surface area contributed by atoms with Gasteiger partial charge in [-0.3, -0.25) is 4.79 Å². The third-order valence-electron chi connectivity index (χ3n) is 8.83. The number of hydrogen-bond acceptors (Lipinski definition) is 3. The summed E-state index contributed by atoms with van der Waals surface area (Å²) in [6, 6.07) is 15.7. The Balaban J connectivity index is 1.47. The molecule has 2 aliphatic carbocycles. The fourth-order valence-corrected chi connectivity index (χ4v) is 6.45. The zero-order valence-corrected chi connectivity index (χ0v) is 23.5. The van der Waals surface area contributed by atoms with E-state index in [0.717, 1.165) is 48.8 Å². The highest BCUT2D eigenvalue weighted by molar-refractivity contribution is 5.71. The molecule has 0 aromatic heterocycles. The lowest BCUT2D eigenvalue weighted by Gasteiger charge is -2.40. The van der Waals surface area contributed by atoms with Gasteiger partial charge in [-0.05, 0) is 89.5 Å². The van der Waals surface area contributed by atoms with Crippen LogP contribution in [0.5, 0.6) is 11.5 Å². The smallest absolute Gasteiger partial charge is 0.303 e. The molecule has 0 unspecified atom stereocenters. The Morgan fingerprint density at radius 1 is 1.02 bits per heavy atom. The molecule has 0 aliphatic heterocycles. The van der Waals surface area contributed by atoms with Crippen molar-refractivity contribution in [3.8, 4) is 22.6 Å². The summed E-state index contributed by atoms with van der Waals surface area (Å²) in [4.78, 5) is 11.4. The first-order valence-electron chi connectivity index (χ1n) is 14.3. The van der Waals surface area contributed by atoms with Crippen molar-refractivity contribution < 1.29 is 28.2 Å². The second-order valence-electron chi connectivity index (χ2n) is 12.0. The van der Waals surface area contributed by atoms with E-state index in [1.54, 1.807) is 37.4 Å². The topological polar surface area (TPSA) is 55.8 Å². The van der Waals surface area contributed by atoms with Crippen LogP contribution in [0.1, 0.15) is 87.3 Å². The second-order valence-corrected chi connectivity index (χ2v) is 12.0. The molecular formula is C34H38F2O4.